The molecule has 1 fully saturated rings. The van der Waals surface area contributed by atoms with Crippen molar-refractivity contribution in [2.24, 2.45) is 12.8 Å². The molecule has 4 aromatic rings. The molecule has 0 spiro atoms. The van der Waals surface area contributed by atoms with Gasteiger partial charge in [-0.15, -0.1) is 0 Å². The van der Waals surface area contributed by atoms with E-state index in [9.17, 15) is 9.59 Å². The quantitative estimate of drug-likeness (QED) is 0.549. The van der Waals surface area contributed by atoms with Crippen LogP contribution in [0.3, 0.4) is 0 Å². The maximum atomic E-state index is 15.8. The van der Waals surface area contributed by atoms with Crippen LogP contribution in [0.15, 0.2) is 57.7 Å². The van der Waals surface area contributed by atoms with Crippen LogP contribution in [0.4, 0.5) is 10.1 Å². The number of nitrogens with two attached hydrogens (primary N) is 1. The maximum Gasteiger partial charge on any atom is 0.265 e. The van der Waals surface area contributed by atoms with Gasteiger partial charge in [-0.2, -0.15) is 0 Å². The fourth-order valence-electron chi connectivity index (χ4n) is 4.39. The van der Waals surface area contributed by atoms with E-state index in [4.69, 9.17) is 10.2 Å². The summed E-state index contributed by atoms with van der Waals surface area (Å²) >= 11 is 0. The van der Waals surface area contributed by atoms with Crippen LogP contribution in [-0.4, -0.2) is 28.5 Å². The SMILES string of the molecule is Cn1c(=O)c(C(N)=O)c(N2CCC(F)(c3nc4ccccc4o3)CC2)c2ccccc21. The van der Waals surface area contributed by atoms with Crippen molar-refractivity contribution in [2.45, 2.75) is 18.5 Å². The Morgan fingerprint density at radius 3 is 2.52 bits per heavy atom. The molecule has 1 aliphatic rings. The summed E-state index contributed by atoms with van der Waals surface area (Å²) in [7, 11) is 1.61. The Morgan fingerprint density at radius 1 is 1.13 bits per heavy atom. The van der Waals surface area contributed by atoms with Gasteiger partial charge in [0.1, 0.15) is 11.1 Å². The first-order valence-electron chi connectivity index (χ1n) is 10.1. The predicted molar refractivity (Wildman–Crippen MR) is 116 cm³/mol. The highest BCUT2D eigenvalue weighted by molar-refractivity contribution is 6.06. The fourth-order valence-corrected chi connectivity index (χ4v) is 4.39. The average molecular weight is 420 g/mol. The van der Waals surface area contributed by atoms with Crippen molar-refractivity contribution in [1.29, 1.82) is 0 Å². The summed E-state index contributed by atoms with van der Waals surface area (Å²) in [6.07, 6.45) is 0.225. The molecule has 2 aromatic heterocycles. The zero-order valence-electron chi connectivity index (χ0n) is 17.0. The van der Waals surface area contributed by atoms with Crippen LogP contribution in [0, 0.1) is 0 Å². The molecular weight excluding hydrogens is 399 g/mol. The Labute approximate surface area is 176 Å². The first-order valence-corrected chi connectivity index (χ1v) is 10.1. The second-order valence-corrected chi connectivity index (χ2v) is 7.91. The summed E-state index contributed by atoms with van der Waals surface area (Å²) in [5.41, 5.74) is 5.64. The fraction of sp³-hybridized carbons (Fsp3) is 0.261. The van der Waals surface area contributed by atoms with Gasteiger partial charge < -0.3 is 19.6 Å². The second-order valence-electron chi connectivity index (χ2n) is 7.91. The number of hydrogen-bond acceptors (Lipinski definition) is 5. The number of amides is 1. The first kappa shape index (κ1) is 19.3. The van der Waals surface area contributed by atoms with Crippen LogP contribution in [-0.2, 0) is 12.7 Å². The molecule has 5 rings (SSSR count). The van der Waals surface area contributed by atoms with E-state index >= 15 is 4.39 Å². The molecule has 7 nitrogen and oxygen atoms in total. The van der Waals surface area contributed by atoms with Crippen molar-refractivity contribution < 1.29 is 13.6 Å². The minimum absolute atomic E-state index is 0.0670. The van der Waals surface area contributed by atoms with Crippen LogP contribution in [0.1, 0.15) is 29.1 Å². The molecule has 8 heteroatoms. The summed E-state index contributed by atoms with van der Waals surface area (Å²) in [5, 5.41) is 0.728. The number of para-hydroxylation sites is 3. The molecule has 0 aliphatic carbocycles. The standard InChI is InChI=1S/C23H21FN4O3/c1-27-16-8-4-2-6-14(16)19(18(20(25)29)21(27)30)28-12-10-23(24,11-13-28)22-26-15-7-3-5-9-17(15)31-22/h2-9H,10-13H2,1H3,(H2,25,29). The van der Waals surface area contributed by atoms with Crippen molar-refractivity contribution in [1.82, 2.24) is 9.55 Å². The number of rotatable bonds is 3. The van der Waals surface area contributed by atoms with Crippen LogP contribution in [0.2, 0.25) is 0 Å². The Bertz CT molecular complexity index is 1350. The number of piperidine rings is 1. The molecule has 31 heavy (non-hydrogen) atoms. The van der Waals surface area contributed by atoms with Crippen molar-refractivity contribution in [3.8, 4) is 0 Å². The van der Waals surface area contributed by atoms with Crippen molar-refractivity contribution in [3.63, 3.8) is 0 Å². The number of benzene rings is 2. The second kappa shape index (κ2) is 6.94. The summed E-state index contributed by atoms with van der Waals surface area (Å²) in [6.45, 7) is 0.569. The minimum Gasteiger partial charge on any atom is -0.437 e. The molecule has 3 heterocycles. The van der Waals surface area contributed by atoms with E-state index < -0.39 is 17.1 Å². The first-order chi connectivity index (χ1) is 14.9. The van der Waals surface area contributed by atoms with Gasteiger partial charge >= 0.3 is 0 Å². The third-order valence-corrected chi connectivity index (χ3v) is 6.07. The largest absolute Gasteiger partial charge is 0.437 e. The number of pyridine rings is 1. The lowest BCUT2D eigenvalue weighted by Crippen LogP contribution is -2.43. The van der Waals surface area contributed by atoms with Crippen molar-refractivity contribution in [2.75, 3.05) is 18.0 Å². The van der Waals surface area contributed by atoms with Gasteiger partial charge in [0.05, 0.1) is 11.2 Å². The Kier molecular flexibility index (Phi) is 4.32. The normalized spacial score (nSPS) is 16.1. The number of aryl methyl sites for hydroxylation is 1. The Hall–Kier alpha value is -3.68. The predicted octanol–water partition coefficient (Wildman–Crippen LogP) is 3.24. The number of halogens is 1. The third-order valence-electron chi connectivity index (χ3n) is 6.07. The number of aromatic nitrogens is 2. The highest BCUT2D eigenvalue weighted by atomic mass is 19.1. The molecule has 0 radical (unpaired) electrons. The highest BCUT2D eigenvalue weighted by Crippen LogP contribution is 2.40. The number of hydrogen-bond donors (Lipinski definition) is 1. The molecule has 1 aliphatic heterocycles. The van der Waals surface area contributed by atoms with Gasteiger partial charge in [-0.1, -0.05) is 30.3 Å². The van der Waals surface area contributed by atoms with Crippen LogP contribution in [0.5, 0.6) is 0 Å². The van der Waals surface area contributed by atoms with E-state index in [1.807, 2.05) is 41.3 Å². The number of primary amides is 1. The van der Waals surface area contributed by atoms with Crippen molar-refractivity contribution >= 4 is 33.6 Å². The number of fused-ring (bicyclic) bond motifs is 2. The summed E-state index contributed by atoms with van der Waals surface area (Å²) in [5.74, 6) is -0.727. The van der Waals surface area contributed by atoms with Crippen molar-refractivity contribution in [3.05, 3.63) is 70.3 Å². The number of carbonyl (C=O) groups is 1. The molecule has 2 N–H and O–H groups in total. The van der Waals surface area contributed by atoms with E-state index in [2.05, 4.69) is 4.98 Å². The number of alkyl halides is 1. The molecule has 1 amide bonds. The zero-order chi connectivity index (χ0) is 21.8. The number of anilines is 1. The minimum atomic E-state index is -1.72. The summed E-state index contributed by atoms with van der Waals surface area (Å²) in [4.78, 5) is 31.3. The van der Waals surface area contributed by atoms with E-state index in [0.29, 0.717) is 22.3 Å². The van der Waals surface area contributed by atoms with Gasteiger partial charge in [0.2, 0.25) is 5.89 Å². The van der Waals surface area contributed by atoms with Gasteiger partial charge in [0.25, 0.3) is 11.5 Å². The summed E-state index contributed by atoms with van der Waals surface area (Å²) < 4.78 is 22.9. The summed E-state index contributed by atoms with van der Waals surface area (Å²) in [6, 6.07) is 14.5. The average Bonchev–Trinajstić information content (AvgIpc) is 3.22. The molecular formula is C23H21FN4O3. The topological polar surface area (TPSA) is 94.4 Å². The van der Waals surface area contributed by atoms with Gasteiger partial charge in [-0.3, -0.25) is 9.59 Å². The van der Waals surface area contributed by atoms with E-state index in [-0.39, 0.29) is 37.4 Å². The molecule has 1 saturated heterocycles. The lowest BCUT2D eigenvalue weighted by Gasteiger charge is -2.37. The van der Waals surface area contributed by atoms with Gasteiger partial charge in [-0.25, -0.2) is 9.37 Å². The molecule has 158 valence electrons. The van der Waals surface area contributed by atoms with E-state index in [1.165, 1.54) is 4.57 Å². The van der Waals surface area contributed by atoms with E-state index in [1.54, 1.807) is 19.2 Å². The lowest BCUT2D eigenvalue weighted by molar-refractivity contribution is 0.0903. The third kappa shape index (κ3) is 2.98. The molecule has 0 unspecified atom stereocenters. The Balaban J connectivity index is 1.55. The molecule has 2 aromatic carbocycles. The van der Waals surface area contributed by atoms with Gasteiger partial charge in [0, 0.05) is 38.4 Å². The smallest absolute Gasteiger partial charge is 0.265 e. The maximum absolute atomic E-state index is 15.8. The van der Waals surface area contributed by atoms with Crippen LogP contribution >= 0.6 is 0 Å². The molecule has 0 atom stereocenters. The van der Waals surface area contributed by atoms with Crippen LogP contribution in [0.25, 0.3) is 22.0 Å². The lowest BCUT2D eigenvalue weighted by atomic mass is 9.92. The zero-order valence-corrected chi connectivity index (χ0v) is 17.0. The van der Waals surface area contributed by atoms with Gasteiger partial charge in [0.15, 0.2) is 11.3 Å². The molecule has 0 saturated carbocycles. The Morgan fingerprint density at radius 2 is 1.81 bits per heavy atom. The van der Waals surface area contributed by atoms with Gasteiger partial charge in [-0.05, 0) is 18.2 Å². The number of carbonyl (C=O) groups excluding carboxylic acids is 1. The number of nitrogens with zero attached hydrogens (tertiary/aromatic N) is 3. The number of oxazole rings is 1. The molecule has 0 bridgehead atoms. The highest BCUT2D eigenvalue weighted by Gasteiger charge is 2.42. The monoisotopic (exact) mass is 420 g/mol. The van der Waals surface area contributed by atoms with E-state index in [0.717, 1.165) is 5.39 Å². The van der Waals surface area contributed by atoms with Crippen LogP contribution < -0.4 is 16.2 Å².